The molecule has 1 fully saturated rings. The largest absolute Gasteiger partial charge is 1.00 e. The number of likely N-dealkylation sites (tertiary alicyclic amines) is 1. The number of aromatic hydroxyl groups is 1. The van der Waals surface area contributed by atoms with E-state index in [4.69, 9.17) is 15.5 Å². The van der Waals surface area contributed by atoms with E-state index in [0.29, 0.717) is 47.2 Å². The number of pyridine rings is 2. The van der Waals surface area contributed by atoms with Gasteiger partial charge in [-0.05, 0) is 49.7 Å². The number of hydrogen-bond donors (Lipinski definition) is 4. The number of aliphatic hydroxyl groups is 1. The van der Waals surface area contributed by atoms with Crippen LogP contribution in [0.25, 0.3) is 22.3 Å². The van der Waals surface area contributed by atoms with Crippen LogP contribution in [0.4, 0.5) is 5.69 Å². The quantitative estimate of drug-likeness (QED) is 0.129. The smallest absolute Gasteiger partial charge is 0.343 e. The molecule has 0 radical (unpaired) electrons. The average Bonchev–Trinajstić information content (AvgIpc) is 3.46. The number of aromatic nitrogens is 2. The minimum atomic E-state index is -1.88. The first kappa shape index (κ1) is 36.6. The van der Waals surface area contributed by atoms with Crippen LogP contribution in [-0.4, -0.2) is 80.3 Å². The van der Waals surface area contributed by atoms with Gasteiger partial charge >= 0.3 is 5.97 Å². The van der Waals surface area contributed by atoms with Crippen molar-refractivity contribution >= 4 is 28.5 Å². The molecular weight excluding hydrogens is 716 g/mol. The van der Waals surface area contributed by atoms with E-state index < -0.39 is 17.6 Å². The molecule has 4 aromatic rings. The molecule has 5 N–H and O–H groups in total. The molecule has 270 valence electrons. The number of quaternary nitrogens is 1. The van der Waals surface area contributed by atoms with Crippen molar-refractivity contribution in [3.05, 3.63) is 86.7 Å². The molecule has 3 aliphatic heterocycles. The maximum atomic E-state index is 13.6. The maximum absolute atomic E-state index is 13.6. The van der Waals surface area contributed by atoms with Crippen molar-refractivity contribution in [1.29, 1.82) is 0 Å². The summed E-state index contributed by atoms with van der Waals surface area (Å²) in [6.45, 7) is 6.68. The number of phenolic OH excluding ortho intramolecular Hbond substituents is 1. The zero-order valence-electron chi connectivity index (χ0n) is 29.4. The van der Waals surface area contributed by atoms with Crippen molar-refractivity contribution in [3.63, 3.8) is 0 Å². The zero-order chi connectivity index (χ0) is 35.5. The van der Waals surface area contributed by atoms with Crippen LogP contribution < -0.4 is 33.6 Å². The number of nitrogens with zero attached hydrogens (tertiary/aromatic N) is 4. The number of ether oxygens (including phenoxy) is 1. The summed E-state index contributed by atoms with van der Waals surface area (Å²) < 4.78 is 7.67. The number of cyclic esters (lactones) is 1. The Bertz CT molecular complexity index is 2070. The van der Waals surface area contributed by atoms with E-state index in [1.807, 2.05) is 18.2 Å². The summed E-state index contributed by atoms with van der Waals surface area (Å²) in [6, 6.07) is 15.1. The number of anilines is 1. The highest BCUT2D eigenvalue weighted by atomic mass is 79.9. The number of fused-ring (bicyclic) bond motifs is 5. The number of carbonyl (C=O) groups excluding carboxylic acids is 2. The Morgan fingerprint density at radius 1 is 1.14 bits per heavy atom. The van der Waals surface area contributed by atoms with Crippen LogP contribution in [0, 0.1) is 0 Å². The van der Waals surface area contributed by atoms with Gasteiger partial charge in [-0.15, -0.1) is 0 Å². The maximum Gasteiger partial charge on any atom is 0.343 e. The number of benzene rings is 2. The van der Waals surface area contributed by atoms with Crippen LogP contribution in [-0.2, 0) is 46.2 Å². The number of nitrogens with one attached hydrogen (secondary N) is 1. The van der Waals surface area contributed by atoms with Gasteiger partial charge in [0.1, 0.15) is 18.9 Å². The lowest BCUT2D eigenvalue weighted by Gasteiger charge is -2.43. The van der Waals surface area contributed by atoms with Gasteiger partial charge in [0, 0.05) is 65.8 Å². The SMILES string of the molecule is CC[C@@]1(O)C(=O)OCc2c1cc1n(c2=O)Cc2cc3c(CN4CCC([N+](C)(C)Cc5ccc(NC(=O)C(C)N)cc5)CC4)c(O)ccc3nc2-1.[Br-]. The van der Waals surface area contributed by atoms with Crippen LogP contribution in [0.5, 0.6) is 5.75 Å². The number of amides is 1. The minimum absolute atomic E-state index is 0. The standard InChI is InChI=1S/C38H44N6O6.BrH/c1-5-38(49)30-17-32-34-24(18-43(32)36(47)29(30)21-50-37(38)48)16-27-28(33(45)11-10-31(27)41-34)19-42-14-12-26(13-15-42)44(3,4)20-23-6-8-25(9-7-23)40-35(46)22(2)39;/h6-11,16-17,22,26,49H,5,12-15,18-21,39H2,1-4H3,(H-,40,45,46,47);1H/t22?,38-;/m0./s1. The summed E-state index contributed by atoms with van der Waals surface area (Å²) in [5.74, 6) is -0.741. The van der Waals surface area contributed by atoms with E-state index in [-0.39, 0.29) is 47.2 Å². The third-order valence-corrected chi connectivity index (χ3v) is 10.9. The van der Waals surface area contributed by atoms with E-state index in [0.717, 1.165) is 59.2 Å². The molecule has 1 amide bonds. The monoisotopic (exact) mass is 760 g/mol. The molecule has 1 saturated heterocycles. The van der Waals surface area contributed by atoms with Gasteiger partial charge < -0.3 is 52.0 Å². The Morgan fingerprint density at radius 2 is 1.84 bits per heavy atom. The highest BCUT2D eigenvalue weighted by Gasteiger charge is 2.45. The van der Waals surface area contributed by atoms with Crippen molar-refractivity contribution in [3.8, 4) is 17.1 Å². The third kappa shape index (κ3) is 6.57. The molecule has 2 aromatic carbocycles. The molecule has 1 unspecified atom stereocenters. The molecule has 0 spiro atoms. The van der Waals surface area contributed by atoms with Crippen molar-refractivity contribution < 1.29 is 46.0 Å². The van der Waals surface area contributed by atoms with Gasteiger partial charge in [0.2, 0.25) is 5.91 Å². The van der Waals surface area contributed by atoms with E-state index in [2.05, 4.69) is 36.4 Å². The van der Waals surface area contributed by atoms with Crippen molar-refractivity contribution in [1.82, 2.24) is 14.5 Å². The Kier molecular flexibility index (Phi) is 9.90. The minimum Gasteiger partial charge on any atom is -1.00 e. The summed E-state index contributed by atoms with van der Waals surface area (Å²) in [4.78, 5) is 45.4. The van der Waals surface area contributed by atoms with E-state index in [9.17, 15) is 24.6 Å². The fourth-order valence-electron chi connectivity index (χ4n) is 7.82. The lowest BCUT2D eigenvalue weighted by molar-refractivity contribution is -0.929. The molecule has 2 atom stereocenters. The Balaban J connectivity index is 0.00000448. The van der Waals surface area contributed by atoms with Gasteiger partial charge in [0.15, 0.2) is 5.60 Å². The molecule has 0 saturated carbocycles. The fraction of sp³-hybridized carbons (Fsp3) is 0.421. The van der Waals surface area contributed by atoms with Gasteiger partial charge in [-0.25, -0.2) is 9.78 Å². The summed E-state index contributed by atoms with van der Waals surface area (Å²) in [7, 11) is 4.53. The first-order valence-electron chi connectivity index (χ1n) is 17.3. The molecular formula is C38H45BrN6O6. The van der Waals surface area contributed by atoms with Crippen LogP contribution in [0.2, 0.25) is 0 Å². The third-order valence-electron chi connectivity index (χ3n) is 10.9. The number of phenols is 1. The summed E-state index contributed by atoms with van der Waals surface area (Å²) in [6.07, 6.45) is 2.10. The number of nitrogens with two attached hydrogens (primary N) is 1. The first-order chi connectivity index (χ1) is 23.8. The van der Waals surface area contributed by atoms with Crippen molar-refractivity contribution in [2.75, 3.05) is 32.5 Å². The predicted octanol–water partition coefficient (Wildman–Crippen LogP) is 0.316. The molecule has 5 heterocycles. The lowest BCUT2D eigenvalue weighted by atomic mass is 9.86. The first-order valence-corrected chi connectivity index (χ1v) is 17.3. The molecule has 13 heteroatoms. The molecule has 51 heavy (non-hydrogen) atoms. The molecule has 2 aromatic heterocycles. The molecule has 7 rings (SSSR count). The van der Waals surface area contributed by atoms with Crippen LogP contribution in [0.15, 0.2) is 53.3 Å². The highest BCUT2D eigenvalue weighted by molar-refractivity contribution is 5.94. The van der Waals surface area contributed by atoms with E-state index in [1.54, 1.807) is 36.6 Å². The summed E-state index contributed by atoms with van der Waals surface area (Å²) in [5, 5.41) is 25.9. The average molecular weight is 762 g/mol. The number of rotatable bonds is 8. The van der Waals surface area contributed by atoms with Gasteiger partial charge in [-0.3, -0.25) is 14.5 Å². The topological polar surface area (TPSA) is 160 Å². The van der Waals surface area contributed by atoms with Crippen LogP contribution in [0.3, 0.4) is 0 Å². The molecule has 0 aliphatic carbocycles. The summed E-state index contributed by atoms with van der Waals surface area (Å²) >= 11 is 0. The lowest BCUT2D eigenvalue weighted by Crippen LogP contribution is -3.00. The van der Waals surface area contributed by atoms with E-state index >= 15 is 0 Å². The zero-order valence-corrected chi connectivity index (χ0v) is 31.0. The Morgan fingerprint density at radius 3 is 2.51 bits per heavy atom. The number of carbonyl (C=O) groups is 2. The fourth-order valence-corrected chi connectivity index (χ4v) is 7.82. The van der Waals surface area contributed by atoms with Crippen LogP contribution >= 0.6 is 0 Å². The number of piperidine rings is 1. The second-order valence-corrected chi connectivity index (χ2v) is 14.6. The normalized spacial score (nSPS) is 19.5. The Hall–Kier alpha value is -4.14. The Labute approximate surface area is 307 Å². The number of esters is 1. The second-order valence-electron chi connectivity index (χ2n) is 14.6. The molecule has 12 nitrogen and oxygen atoms in total. The van der Waals surface area contributed by atoms with Gasteiger partial charge in [0.25, 0.3) is 5.56 Å². The predicted molar refractivity (Wildman–Crippen MR) is 189 cm³/mol. The molecule has 3 aliphatic rings. The summed E-state index contributed by atoms with van der Waals surface area (Å²) in [5.41, 5.74) is 9.58. The van der Waals surface area contributed by atoms with Crippen LogP contribution in [0.1, 0.15) is 60.9 Å². The highest BCUT2D eigenvalue weighted by Crippen LogP contribution is 2.40. The molecule has 0 bridgehead atoms. The number of hydrogen-bond acceptors (Lipinski definition) is 9. The van der Waals surface area contributed by atoms with Crippen molar-refractivity contribution in [2.24, 2.45) is 5.73 Å². The second kappa shape index (κ2) is 13.8. The number of halogens is 1. The van der Waals surface area contributed by atoms with Gasteiger partial charge in [-0.1, -0.05) is 19.1 Å². The van der Waals surface area contributed by atoms with Gasteiger partial charge in [-0.2, -0.15) is 0 Å². The van der Waals surface area contributed by atoms with Crippen molar-refractivity contribution in [2.45, 2.75) is 77.0 Å². The van der Waals surface area contributed by atoms with Gasteiger partial charge in [0.05, 0.1) is 55.2 Å². The van der Waals surface area contributed by atoms with E-state index in [1.165, 1.54) is 5.56 Å².